The van der Waals surface area contributed by atoms with E-state index in [0.717, 1.165) is 31.4 Å². The maximum Gasteiger partial charge on any atom is 0.0900 e. The SMILES string of the molecule is OC(C1=COCCC1)C1CCCCS1. The molecule has 1 N–H and O–H groups in total. The summed E-state index contributed by atoms with van der Waals surface area (Å²) < 4.78 is 5.26. The van der Waals surface area contributed by atoms with Gasteiger partial charge in [-0.1, -0.05) is 6.42 Å². The zero-order valence-corrected chi connectivity index (χ0v) is 9.26. The zero-order chi connectivity index (χ0) is 9.80. The summed E-state index contributed by atoms with van der Waals surface area (Å²) in [4.78, 5) is 0. The number of hydrogen-bond donors (Lipinski definition) is 1. The Balaban J connectivity index is 1.91. The second kappa shape index (κ2) is 5.08. The summed E-state index contributed by atoms with van der Waals surface area (Å²) >= 11 is 1.92. The molecule has 2 unspecified atom stereocenters. The molecule has 0 aromatic carbocycles. The molecule has 2 rings (SSSR count). The monoisotopic (exact) mass is 214 g/mol. The predicted octanol–water partition coefficient (Wildman–Crippen LogP) is 2.33. The van der Waals surface area contributed by atoms with Crippen molar-refractivity contribution in [1.29, 1.82) is 0 Å². The molecule has 3 heteroatoms. The van der Waals surface area contributed by atoms with Crippen molar-refractivity contribution in [2.45, 2.75) is 43.5 Å². The van der Waals surface area contributed by atoms with Crippen molar-refractivity contribution in [3.8, 4) is 0 Å². The Morgan fingerprint density at radius 2 is 2.36 bits per heavy atom. The fraction of sp³-hybridized carbons (Fsp3) is 0.818. The minimum absolute atomic E-state index is 0.263. The summed E-state index contributed by atoms with van der Waals surface area (Å²) in [6.45, 7) is 0.814. The minimum atomic E-state index is -0.263. The largest absolute Gasteiger partial charge is 0.501 e. The van der Waals surface area contributed by atoms with Crippen LogP contribution in [0, 0.1) is 0 Å². The smallest absolute Gasteiger partial charge is 0.0900 e. The summed E-state index contributed by atoms with van der Waals surface area (Å²) in [7, 11) is 0. The molecule has 0 radical (unpaired) electrons. The van der Waals surface area contributed by atoms with Gasteiger partial charge < -0.3 is 9.84 Å². The van der Waals surface area contributed by atoms with Gasteiger partial charge in [0.05, 0.1) is 19.0 Å². The van der Waals surface area contributed by atoms with Gasteiger partial charge in [0.15, 0.2) is 0 Å². The lowest BCUT2D eigenvalue weighted by atomic mass is 9.99. The molecular weight excluding hydrogens is 196 g/mol. The maximum absolute atomic E-state index is 10.1. The molecule has 0 amide bonds. The lowest BCUT2D eigenvalue weighted by molar-refractivity contribution is 0.163. The number of rotatable bonds is 2. The molecule has 1 saturated heterocycles. The Bertz CT molecular complexity index is 209. The van der Waals surface area contributed by atoms with E-state index in [-0.39, 0.29) is 6.10 Å². The summed E-state index contributed by atoms with van der Waals surface area (Å²) in [6.07, 6.45) is 7.32. The average Bonchev–Trinajstić information content (AvgIpc) is 2.30. The van der Waals surface area contributed by atoms with E-state index in [9.17, 15) is 5.11 Å². The molecule has 2 aliphatic heterocycles. The Hall–Kier alpha value is -0.150. The van der Waals surface area contributed by atoms with Gasteiger partial charge in [-0.2, -0.15) is 11.8 Å². The summed E-state index contributed by atoms with van der Waals surface area (Å²) in [5.74, 6) is 1.20. The highest BCUT2D eigenvalue weighted by atomic mass is 32.2. The van der Waals surface area contributed by atoms with Gasteiger partial charge in [-0.15, -0.1) is 0 Å². The van der Waals surface area contributed by atoms with Gasteiger partial charge >= 0.3 is 0 Å². The van der Waals surface area contributed by atoms with Crippen LogP contribution in [0.3, 0.4) is 0 Å². The summed E-state index contributed by atoms with van der Waals surface area (Å²) in [6, 6.07) is 0. The average molecular weight is 214 g/mol. The third-order valence-electron chi connectivity index (χ3n) is 2.91. The van der Waals surface area contributed by atoms with Crippen molar-refractivity contribution in [2.24, 2.45) is 0 Å². The number of aliphatic hydroxyl groups is 1. The van der Waals surface area contributed by atoms with Gasteiger partial charge in [-0.3, -0.25) is 0 Å². The lowest BCUT2D eigenvalue weighted by Gasteiger charge is -2.28. The molecule has 80 valence electrons. The summed E-state index contributed by atoms with van der Waals surface area (Å²) in [5.41, 5.74) is 1.11. The van der Waals surface area contributed by atoms with Gasteiger partial charge in [0.1, 0.15) is 0 Å². The first-order chi connectivity index (χ1) is 6.88. The van der Waals surface area contributed by atoms with Gasteiger partial charge in [0, 0.05) is 5.25 Å². The third-order valence-corrected chi connectivity index (χ3v) is 4.36. The summed E-state index contributed by atoms with van der Waals surface area (Å²) in [5, 5.41) is 10.5. The van der Waals surface area contributed by atoms with Crippen LogP contribution in [0.1, 0.15) is 32.1 Å². The van der Waals surface area contributed by atoms with Gasteiger partial charge in [0.25, 0.3) is 0 Å². The highest BCUT2D eigenvalue weighted by molar-refractivity contribution is 8.00. The highest BCUT2D eigenvalue weighted by Crippen LogP contribution is 2.32. The zero-order valence-electron chi connectivity index (χ0n) is 8.45. The molecular formula is C11H18O2S. The number of thioether (sulfide) groups is 1. The van der Waals surface area contributed by atoms with Gasteiger partial charge in [0.2, 0.25) is 0 Å². The minimum Gasteiger partial charge on any atom is -0.501 e. The van der Waals surface area contributed by atoms with Crippen LogP contribution in [0.15, 0.2) is 11.8 Å². The molecule has 0 aromatic heterocycles. The Morgan fingerprint density at radius 3 is 3.00 bits per heavy atom. The van der Waals surface area contributed by atoms with Crippen LogP contribution < -0.4 is 0 Å². The lowest BCUT2D eigenvalue weighted by Crippen LogP contribution is -2.29. The van der Waals surface area contributed by atoms with Crippen LogP contribution in [0.2, 0.25) is 0 Å². The molecule has 2 atom stereocenters. The molecule has 1 fully saturated rings. The van der Waals surface area contributed by atoms with Crippen LogP contribution in [0.4, 0.5) is 0 Å². The maximum atomic E-state index is 10.1. The number of aliphatic hydroxyl groups excluding tert-OH is 1. The fourth-order valence-corrected chi connectivity index (χ4v) is 3.42. The first-order valence-corrected chi connectivity index (χ1v) is 6.53. The van der Waals surface area contributed by atoms with E-state index >= 15 is 0 Å². The van der Waals surface area contributed by atoms with E-state index in [2.05, 4.69) is 0 Å². The van der Waals surface area contributed by atoms with E-state index in [1.165, 1.54) is 18.6 Å². The van der Waals surface area contributed by atoms with Crippen molar-refractivity contribution in [3.05, 3.63) is 11.8 Å². The second-order valence-corrected chi connectivity index (χ2v) is 5.36. The number of ether oxygens (including phenoxy) is 1. The molecule has 2 heterocycles. The standard InChI is InChI=1S/C11H18O2S/c12-11(9-4-3-6-13-8-9)10-5-1-2-7-14-10/h8,10-12H,1-7H2. The van der Waals surface area contributed by atoms with Crippen LogP contribution in [0.5, 0.6) is 0 Å². The van der Waals surface area contributed by atoms with E-state index in [0.29, 0.717) is 5.25 Å². The van der Waals surface area contributed by atoms with Crippen molar-refractivity contribution in [1.82, 2.24) is 0 Å². The van der Waals surface area contributed by atoms with Crippen LogP contribution in [-0.4, -0.2) is 28.8 Å². The molecule has 0 aromatic rings. The predicted molar refractivity (Wildman–Crippen MR) is 59.4 cm³/mol. The topological polar surface area (TPSA) is 29.5 Å². The van der Waals surface area contributed by atoms with Gasteiger partial charge in [-0.05, 0) is 37.0 Å². The van der Waals surface area contributed by atoms with E-state index in [1.54, 1.807) is 6.26 Å². The molecule has 2 aliphatic rings. The van der Waals surface area contributed by atoms with Crippen LogP contribution in [-0.2, 0) is 4.74 Å². The van der Waals surface area contributed by atoms with E-state index in [4.69, 9.17) is 4.74 Å². The van der Waals surface area contributed by atoms with Gasteiger partial charge in [-0.25, -0.2) is 0 Å². The molecule has 2 nitrogen and oxygen atoms in total. The first kappa shape index (κ1) is 10.4. The van der Waals surface area contributed by atoms with E-state index in [1.807, 2.05) is 11.8 Å². The van der Waals surface area contributed by atoms with Crippen molar-refractivity contribution >= 4 is 11.8 Å². The normalized spacial score (nSPS) is 30.4. The van der Waals surface area contributed by atoms with Crippen molar-refractivity contribution < 1.29 is 9.84 Å². The molecule has 14 heavy (non-hydrogen) atoms. The van der Waals surface area contributed by atoms with Crippen LogP contribution in [0.25, 0.3) is 0 Å². The third kappa shape index (κ3) is 2.45. The number of hydrogen-bond acceptors (Lipinski definition) is 3. The molecule has 0 saturated carbocycles. The van der Waals surface area contributed by atoms with E-state index < -0.39 is 0 Å². The Labute approximate surface area is 89.7 Å². The molecule has 0 aliphatic carbocycles. The Kier molecular flexibility index (Phi) is 3.76. The Morgan fingerprint density at radius 1 is 1.43 bits per heavy atom. The second-order valence-electron chi connectivity index (χ2n) is 4.02. The molecule has 0 bridgehead atoms. The highest BCUT2D eigenvalue weighted by Gasteiger charge is 2.26. The fourth-order valence-electron chi connectivity index (χ4n) is 2.06. The van der Waals surface area contributed by atoms with Crippen LogP contribution >= 0.6 is 11.8 Å². The van der Waals surface area contributed by atoms with Crippen molar-refractivity contribution in [3.63, 3.8) is 0 Å². The quantitative estimate of drug-likeness (QED) is 0.765. The molecule has 0 spiro atoms. The van der Waals surface area contributed by atoms with Crippen molar-refractivity contribution in [2.75, 3.05) is 12.4 Å². The first-order valence-electron chi connectivity index (χ1n) is 5.48.